The molecule has 1 heterocycles. The highest BCUT2D eigenvalue weighted by Gasteiger charge is 2.31. The molecule has 1 fully saturated rings. The number of hydrogen-bond acceptors (Lipinski definition) is 3. The molecule has 1 aliphatic heterocycles. The van der Waals surface area contributed by atoms with Crippen molar-refractivity contribution >= 4 is 24.0 Å². The van der Waals surface area contributed by atoms with E-state index in [1.165, 1.54) is 12.1 Å². The van der Waals surface area contributed by atoms with Crippen LogP contribution in [0.3, 0.4) is 0 Å². The number of anilines is 1. The van der Waals surface area contributed by atoms with Crippen molar-refractivity contribution < 1.29 is 22.7 Å². The minimum atomic E-state index is -4.42. The third-order valence-electron chi connectivity index (χ3n) is 4.45. The first-order chi connectivity index (χ1) is 12.3. The van der Waals surface area contributed by atoms with E-state index in [2.05, 4.69) is 10.6 Å². The monoisotopic (exact) mass is 400 g/mol. The van der Waals surface area contributed by atoms with Crippen molar-refractivity contribution in [2.24, 2.45) is 11.8 Å². The van der Waals surface area contributed by atoms with Crippen molar-refractivity contribution in [2.75, 3.05) is 18.4 Å². The van der Waals surface area contributed by atoms with Gasteiger partial charge in [0.15, 0.2) is 0 Å². The van der Waals surface area contributed by atoms with Crippen molar-refractivity contribution in [3.8, 4) is 11.5 Å². The van der Waals surface area contributed by atoms with Gasteiger partial charge in [-0.3, -0.25) is 4.79 Å². The van der Waals surface area contributed by atoms with E-state index in [0.717, 1.165) is 25.2 Å². The van der Waals surface area contributed by atoms with E-state index in [1.54, 1.807) is 24.3 Å². The number of nitrogens with one attached hydrogen (secondary N) is 2. The van der Waals surface area contributed by atoms with Gasteiger partial charge in [-0.1, -0.05) is 13.0 Å². The fourth-order valence-corrected chi connectivity index (χ4v) is 2.61. The van der Waals surface area contributed by atoms with Crippen LogP contribution in [0.25, 0.3) is 0 Å². The maximum atomic E-state index is 12.7. The van der Waals surface area contributed by atoms with Crippen LogP contribution in [0.4, 0.5) is 18.9 Å². The first-order valence-electron chi connectivity index (χ1n) is 8.30. The van der Waals surface area contributed by atoms with Crippen LogP contribution in [0.15, 0.2) is 48.5 Å². The van der Waals surface area contributed by atoms with Crippen LogP contribution in [0.2, 0.25) is 0 Å². The largest absolute Gasteiger partial charge is 0.457 e. The van der Waals surface area contributed by atoms with E-state index in [4.69, 9.17) is 4.74 Å². The molecule has 0 aromatic heterocycles. The second kappa shape index (κ2) is 8.63. The summed E-state index contributed by atoms with van der Waals surface area (Å²) in [6.45, 7) is 3.59. The van der Waals surface area contributed by atoms with E-state index >= 15 is 0 Å². The van der Waals surface area contributed by atoms with Crippen LogP contribution >= 0.6 is 12.4 Å². The summed E-state index contributed by atoms with van der Waals surface area (Å²) in [6, 6.07) is 11.2. The zero-order chi connectivity index (χ0) is 18.7. The van der Waals surface area contributed by atoms with Gasteiger partial charge in [-0.05, 0) is 61.5 Å². The van der Waals surface area contributed by atoms with Crippen molar-refractivity contribution in [1.82, 2.24) is 5.32 Å². The number of alkyl halides is 3. The zero-order valence-corrected chi connectivity index (χ0v) is 15.4. The van der Waals surface area contributed by atoms with Crippen LogP contribution in [0, 0.1) is 11.8 Å². The van der Waals surface area contributed by atoms with Crippen LogP contribution < -0.4 is 15.4 Å². The van der Waals surface area contributed by atoms with Gasteiger partial charge in [-0.15, -0.1) is 12.4 Å². The number of rotatable bonds is 5. The Labute approximate surface area is 161 Å². The number of hydrogen-bond donors (Lipinski definition) is 2. The third-order valence-corrected chi connectivity index (χ3v) is 4.45. The second-order valence-corrected chi connectivity index (χ2v) is 6.35. The zero-order valence-electron chi connectivity index (χ0n) is 14.5. The summed E-state index contributed by atoms with van der Waals surface area (Å²) in [5.41, 5.74) is -0.149. The Balaban J connectivity index is 0.00000261. The third kappa shape index (κ3) is 5.37. The molecule has 0 aliphatic carbocycles. The molecule has 2 aromatic rings. The van der Waals surface area contributed by atoms with Gasteiger partial charge in [0.05, 0.1) is 5.56 Å². The SMILES string of the molecule is CC(C(=O)Nc1ccc(Oc2cccc(C(F)(F)F)c2)cc1)C1CNC1.Cl. The summed E-state index contributed by atoms with van der Waals surface area (Å²) in [5.74, 6) is 0.695. The first-order valence-corrected chi connectivity index (χ1v) is 8.30. The lowest BCUT2D eigenvalue weighted by Crippen LogP contribution is -2.48. The van der Waals surface area contributed by atoms with E-state index in [-0.39, 0.29) is 30.0 Å². The Morgan fingerprint density at radius 1 is 1.15 bits per heavy atom. The Morgan fingerprint density at radius 2 is 1.81 bits per heavy atom. The van der Waals surface area contributed by atoms with E-state index in [1.807, 2.05) is 6.92 Å². The molecule has 2 N–H and O–H groups in total. The molecule has 1 amide bonds. The highest BCUT2D eigenvalue weighted by atomic mass is 35.5. The molecule has 146 valence electrons. The predicted molar refractivity (Wildman–Crippen MR) is 99.4 cm³/mol. The maximum Gasteiger partial charge on any atom is 0.416 e. The molecule has 0 bridgehead atoms. The highest BCUT2D eigenvalue weighted by Crippen LogP contribution is 2.33. The maximum absolute atomic E-state index is 12.7. The lowest BCUT2D eigenvalue weighted by molar-refractivity contribution is -0.137. The van der Waals surface area contributed by atoms with Crippen LogP contribution in [-0.2, 0) is 11.0 Å². The molecule has 27 heavy (non-hydrogen) atoms. The summed E-state index contributed by atoms with van der Waals surface area (Å²) in [4.78, 5) is 12.2. The van der Waals surface area contributed by atoms with Crippen molar-refractivity contribution in [3.05, 3.63) is 54.1 Å². The topological polar surface area (TPSA) is 50.4 Å². The molecule has 2 aromatic carbocycles. The van der Waals surface area contributed by atoms with Crippen molar-refractivity contribution in [1.29, 1.82) is 0 Å². The van der Waals surface area contributed by atoms with Gasteiger partial charge in [0.25, 0.3) is 0 Å². The molecule has 4 nitrogen and oxygen atoms in total. The molecular weight excluding hydrogens is 381 g/mol. The average Bonchev–Trinajstić information content (AvgIpc) is 2.54. The minimum Gasteiger partial charge on any atom is -0.457 e. The highest BCUT2D eigenvalue weighted by molar-refractivity contribution is 5.92. The average molecular weight is 401 g/mol. The molecule has 1 atom stereocenters. The summed E-state index contributed by atoms with van der Waals surface area (Å²) in [6.07, 6.45) is -4.42. The summed E-state index contributed by atoms with van der Waals surface area (Å²) < 4.78 is 43.7. The number of benzene rings is 2. The number of carbonyl (C=O) groups is 1. The molecule has 1 saturated heterocycles. The van der Waals surface area contributed by atoms with Crippen molar-refractivity contribution in [2.45, 2.75) is 13.1 Å². The first kappa shape index (κ1) is 21.1. The fraction of sp³-hybridized carbons (Fsp3) is 0.316. The Bertz CT molecular complexity index is 777. The number of carbonyl (C=O) groups excluding carboxylic acids is 1. The molecule has 0 spiro atoms. The molecule has 8 heteroatoms. The lowest BCUT2D eigenvalue weighted by Gasteiger charge is -2.31. The fourth-order valence-electron chi connectivity index (χ4n) is 2.61. The number of halogens is 4. The van der Waals surface area contributed by atoms with E-state index in [0.29, 0.717) is 17.4 Å². The minimum absolute atomic E-state index is 0. The van der Waals surface area contributed by atoms with Gasteiger partial charge in [0.2, 0.25) is 5.91 Å². The standard InChI is InChI=1S/C19H19F3N2O2.ClH/c1-12(13-10-23-11-13)18(25)24-15-5-7-16(8-6-15)26-17-4-2-3-14(9-17)19(20,21)22;/h2-9,12-13,23H,10-11H2,1H3,(H,24,25);1H. The van der Waals surface area contributed by atoms with Crippen molar-refractivity contribution in [3.63, 3.8) is 0 Å². The van der Waals surface area contributed by atoms with Crippen LogP contribution in [0.5, 0.6) is 11.5 Å². The van der Waals surface area contributed by atoms with Gasteiger partial charge in [0.1, 0.15) is 11.5 Å². The molecule has 1 unspecified atom stereocenters. The van der Waals surface area contributed by atoms with Crippen LogP contribution in [0.1, 0.15) is 12.5 Å². The quantitative estimate of drug-likeness (QED) is 0.764. The van der Waals surface area contributed by atoms with Gasteiger partial charge >= 0.3 is 6.18 Å². The van der Waals surface area contributed by atoms with Crippen LogP contribution in [-0.4, -0.2) is 19.0 Å². The van der Waals surface area contributed by atoms with Gasteiger partial charge in [-0.25, -0.2) is 0 Å². The molecule has 1 aliphatic rings. The summed E-state index contributed by atoms with van der Waals surface area (Å²) >= 11 is 0. The van der Waals surface area contributed by atoms with Gasteiger partial charge < -0.3 is 15.4 Å². The summed E-state index contributed by atoms with van der Waals surface area (Å²) in [7, 11) is 0. The normalized spacial score (nSPS) is 15.3. The Hall–Kier alpha value is -2.25. The van der Waals surface area contributed by atoms with Gasteiger partial charge in [0, 0.05) is 11.6 Å². The lowest BCUT2D eigenvalue weighted by atomic mass is 9.88. The molecule has 0 saturated carbocycles. The smallest absolute Gasteiger partial charge is 0.416 e. The molecule has 3 rings (SSSR count). The Morgan fingerprint density at radius 3 is 2.37 bits per heavy atom. The molecular formula is C19H20ClF3N2O2. The van der Waals surface area contributed by atoms with Gasteiger partial charge in [-0.2, -0.15) is 13.2 Å². The van der Waals surface area contributed by atoms with E-state index < -0.39 is 11.7 Å². The number of ether oxygens (including phenoxy) is 1. The molecule has 0 radical (unpaired) electrons. The second-order valence-electron chi connectivity index (χ2n) is 6.35. The predicted octanol–water partition coefficient (Wildman–Crippen LogP) is 4.71. The Kier molecular flexibility index (Phi) is 6.73. The summed E-state index contributed by atoms with van der Waals surface area (Å²) in [5, 5.41) is 5.98. The van der Waals surface area contributed by atoms with E-state index in [9.17, 15) is 18.0 Å². The number of amides is 1.